The van der Waals surface area contributed by atoms with E-state index in [0.29, 0.717) is 6.54 Å². The second-order valence-electron chi connectivity index (χ2n) is 5.04. The number of amides is 1. The number of carbonyl (C=O) groups excluding carboxylic acids is 1. The lowest BCUT2D eigenvalue weighted by Crippen LogP contribution is -2.33. The predicted octanol–water partition coefficient (Wildman–Crippen LogP) is 2.37. The molecular weight excluding hydrogens is 232 g/mol. The standard InChI is InChI=1S/C13H18N2OS/c16-12-7-14-13(11-5-6-17-9-11)15(12)8-10-3-1-2-4-10/h5-6,9-10,13-14H,1-4,7-8H2. The number of hydrogen-bond donors (Lipinski definition) is 1. The molecule has 0 bridgehead atoms. The van der Waals surface area contributed by atoms with Crippen LogP contribution in [-0.4, -0.2) is 23.9 Å². The van der Waals surface area contributed by atoms with Gasteiger partial charge < -0.3 is 4.90 Å². The van der Waals surface area contributed by atoms with Gasteiger partial charge in [0.2, 0.25) is 5.91 Å². The maximum Gasteiger partial charge on any atom is 0.238 e. The molecule has 1 N–H and O–H groups in total. The predicted molar refractivity (Wildman–Crippen MR) is 68.7 cm³/mol. The van der Waals surface area contributed by atoms with Crippen molar-refractivity contribution in [3.63, 3.8) is 0 Å². The van der Waals surface area contributed by atoms with E-state index < -0.39 is 0 Å². The first-order valence-corrected chi connectivity index (χ1v) is 7.34. The lowest BCUT2D eigenvalue weighted by Gasteiger charge is -2.26. The summed E-state index contributed by atoms with van der Waals surface area (Å²) in [4.78, 5) is 14.0. The molecule has 2 fully saturated rings. The smallest absolute Gasteiger partial charge is 0.238 e. The zero-order valence-electron chi connectivity index (χ0n) is 9.89. The lowest BCUT2D eigenvalue weighted by molar-refractivity contribution is -0.128. The number of carbonyl (C=O) groups is 1. The zero-order chi connectivity index (χ0) is 11.7. The first-order valence-electron chi connectivity index (χ1n) is 6.39. The summed E-state index contributed by atoms with van der Waals surface area (Å²) in [5.41, 5.74) is 1.24. The zero-order valence-corrected chi connectivity index (χ0v) is 10.7. The summed E-state index contributed by atoms with van der Waals surface area (Å²) in [6.07, 6.45) is 5.38. The van der Waals surface area contributed by atoms with E-state index in [4.69, 9.17) is 0 Å². The van der Waals surface area contributed by atoms with Crippen LogP contribution < -0.4 is 5.32 Å². The molecule has 1 aliphatic heterocycles. The molecule has 1 aromatic rings. The van der Waals surface area contributed by atoms with Crippen molar-refractivity contribution < 1.29 is 4.79 Å². The van der Waals surface area contributed by atoms with Crippen LogP contribution in [0, 0.1) is 5.92 Å². The highest BCUT2D eigenvalue weighted by molar-refractivity contribution is 7.07. The van der Waals surface area contributed by atoms with Crippen molar-refractivity contribution in [1.29, 1.82) is 0 Å². The molecule has 3 nitrogen and oxygen atoms in total. The number of hydrogen-bond acceptors (Lipinski definition) is 3. The minimum atomic E-state index is 0.120. The van der Waals surface area contributed by atoms with Gasteiger partial charge in [-0.25, -0.2) is 0 Å². The Kier molecular flexibility index (Phi) is 3.16. The Morgan fingerprint density at radius 3 is 2.94 bits per heavy atom. The van der Waals surface area contributed by atoms with Gasteiger partial charge in [0.1, 0.15) is 6.17 Å². The van der Waals surface area contributed by atoms with Crippen molar-refractivity contribution in [2.45, 2.75) is 31.8 Å². The SMILES string of the molecule is O=C1CNC(c2ccsc2)N1CC1CCCC1. The van der Waals surface area contributed by atoms with Gasteiger partial charge in [0.25, 0.3) is 0 Å². The third kappa shape index (κ3) is 2.24. The van der Waals surface area contributed by atoms with Crippen LogP contribution in [0.1, 0.15) is 37.4 Å². The third-order valence-corrected chi connectivity index (χ3v) is 4.57. The van der Waals surface area contributed by atoms with Crippen LogP contribution in [0.15, 0.2) is 16.8 Å². The van der Waals surface area contributed by atoms with Gasteiger partial charge in [-0.3, -0.25) is 10.1 Å². The molecule has 0 spiro atoms. The minimum Gasteiger partial charge on any atom is -0.322 e. The molecule has 4 heteroatoms. The van der Waals surface area contributed by atoms with Gasteiger partial charge in [0, 0.05) is 6.54 Å². The molecule has 0 radical (unpaired) electrons. The Labute approximate surface area is 106 Å². The van der Waals surface area contributed by atoms with Crippen molar-refractivity contribution in [2.24, 2.45) is 5.92 Å². The molecule has 1 saturated carbocycles. The van der Waals surface area contributed by atoms with Crippen molar-refractivity contribution in [2.75, 3.05) is 13.1 Å². The molecule has 2 heterocycles. The lowest BCUT2D eigenvalue weighted by atomic mass is 10.1. The summed E-state index contributed by atoms with van der Waals surface area (Å²) in [7, 11) is 0. The van der Waals surface area contributed by atoms with E-state index >= 15 is 0 Å². The largest absolute Gasteiger partial charge is 0.322 e. The van der Waals surface area contributed by atoms with Crippen LogP contribution in [0.25, 0.3) is 0 Å². The normalized spacial score (nSPS) is 26.0. The molecular formula is C13H18N2OS. The van der Waals surface area contributed by atoms with E-state index in [9.17, 15) is 4.79 Å². The highest BCUT2D eigenvalue weighted by atomic mass is 32.1. The molecule has 1 aromatic heterocycles. The van der Waals surface area contributed by atoms with Crippen LogP contribution in [0.3, 0.4) is 0 Å². The van der Waals surface area contributed by atoms with Crippen LogP contribution in [0.4, 0.5) is 0 Å². The second kappa shape index (κ2) is 4.78. The van der Waals surface area contributed by atoms with Crippen molar-refractivity contribution in [3.8, 4) is 0 Å². The van der Waals surface area contributed by atoms with Gasteiger partial charge >= 0.3 is 0 Å². The van der Waals surface area contributed by atoms with Gasteiger partial charge in [0.05, 0.1) is 6.54 Å². The second-order valence-corrected chi connectivity index (χ2v) is 5.82. The molecule has 92 valence electrons. The average Bonchev–Trinajstić information content (AvgIpc) is 3.03. The van der Waals surface area contributed by atoms with Crippen molar-refractivity contribution in [1.82, 2.24) is 10.2 Å². The summed E-state index contributed by atoms with van der Waals surface area (Å²) in [5, 5.41) is 7.53. The third-order valence-electron chi connectivity index (χ3n) is 3.87. The fraction of sp³-hybridized carbons (Fsp3) is 0.615. The van der Waals surface area contributed by atoms with Crippen molar-refractivity contribution >= 4 is 17.2 Å². The first kappa shape index (κ1) is 11.2. The molecule has 2 aliphatic rings. The monoisotopic (exact) mass is 250 g/mol. The fourth-order valence-electron chi connectivity index (χ4n) is 2.95. The topological polar surface area (TPSA) is 32.3 Å². The summed E-state index contributed by atoms with van der Waals surface area (Å²) in [6, 6.07) is 2.11. The van der Waals surface area contributed by atoms with Gasteiger partial charge in [-0.2, -0.15) is 11.3 Å². The molecule has 1 atom stereocenters. The number of nitrogens with zero attached hydrogens (tertiary/aromatic N) is 1. The summed E-state index contributed by atoms with van der Waals surface area (Å²) in [5.74, 6) is 0.980. The number of thiophene rings is 1. The molecule has 1 aliphatic carbocycles. The molecule has 3 rings (SSSR count). The first-order chi connectivity index (χ1) is 8.34. The fourth-order valence-corrected chi connectivity index (χ4v) is 3.63. The number of nitrogens with one attached hydrogen (secondary N) is 1. The Morgan fingerprint density at radius 1 is 1.41 bits per heavy atom. The van der Waals surface area contributed by atoms with Crippen molar-refractivity contribution in [3.05, 3.63) is 22.4 Å². The molecule has 1 amide bonds. The van der Waals surface area contributed by atoms with Crippen LogP contribution in [-0.2, 0) is 4.79 Å². The van der Waals surface area contributed by atoms with E-state index in [1.807, 2.05) is 4.90 Å². The van der Waals surface area contributed by atoms with Gasteiger partial charge in [-0.05, 0) is 41.1 Å². The highest BCUT2D eigenvalue weighted by Crippen LogP contribution is 2.30. The van der Waals surface area contributed by atoms with E-state index in [1.165, 1.54) is 31.2 Å². The summed E-state index contributed by atoms with van der Waals surface area (Å²) in [6.45, 7) is 1.43. The Balaban J connectivity index is 1.72. The molecule has 17 heavy (non-hydrogen) atoms. The Bertz CT molecular complexity index is 384. The number of rotatable bonds is 3. The van der Waals surface area contributed by atoms with Crippen LogP contribution >= 0.6 is 11.3 Å². The van der Waals surface area contributed by atoms with E-state index in [1.54, 1.807) is 11.3 Å². The van der Waals surface area contributed by atoms with E-state index in [-0.39, 0.29) is 12.1 Å². The maximum atomic E-state index is 11.9. The minimum absolute atomic E-state index is 0.120. The Morgan fingerprint density at radius 2 is 2.24 bits per heavy atom. The summed E-state index contributed by atoms with van der Waals surface area (Å²) >= 11 is 1.69. The van der Waals surface area contributed by atoms with E-state index in [2.05, 4.69) is 22.1 Å². The molecule has 0 aromatic carbocycles. The molecule has 1 unspecified atom stereocenters. The summed E-state index contributed by atoms with van der Waals surface area (Å²) < 4.78 is 0. The van der Waals surface area contributed by atoms with Crippen LogP contribution in [0.2, 0.25) is 0 Å². The molecule has 1 saturated heterocycles. The highest BCUT2D eigenvalue weighted by Gasteiger charge is 2.33. The van der Waals surface area contributed by atoms with Gasteiger partial charge in [-0.15, -0.1) is 0 Å². The van der Waals surface area contributed by atoms with Gasteiger partial charge in [-0.1, -0.05) is 12.8 Å². The van der Waals surface area contributed by atoms with E-state index in [0.717, 1.165) is 12.5 Å². The average molecular weight is 250 g/mol. The maximum absolute atomic E-state index is 11.9. The van der Waals surface area contributed by atoms with Gasteiger partial charge in [0.15, 0.2) is 0 Å². The Hall–Kier alpha value is -0.870. The quantitative estimate of drug-likeness (QED) is 0.893. The van der Waals surface area contributed by atoms with Crippen LogP contribution in [0.5, 0.6) is 0 Å².